The van der Waals surface area contributed by atoms with E-state index < -0.39 is 5.60 Å². The second-order valence-electron chi connectivity index (χ2n) is 6.52. The molecule has 2 rings (SSSR count). The molecule has 0 radical (unpaired) electrons. The van der Waals surface area contributed by atoms with Crippen LogP contribution in [0.15, 0.2) is 0 Å². The molecule has 0 unspecified atom stereocenters. The first-order valence-electron chi connectivity index (χ1n) is 7.74. The number of nitrogens with zero attached hydrogens (tertiary/aromatic N) is 2. The first-order valence-corrected chi connectivity index (χ1v) is 9.89. The van der Waals surface area contributed by atoms with Crippen LogP contribution in [0.4, 0.5) is 4.79 Å². The van der Waals surface area contributed by atoms with Crippen molar-refractivity contribution in [1.82, 2.24) is 14.9 Å². The van der Waals surface area contributed by atoms with E-state index in [9.17, 15) is 4.79 Å². The highest BCUT2D eigenvalue weighted by molar-refractivity contribution is 14.1. The van der Waals surface area contributed by atoms with Crippen LogP contribution in [0.3, 0.4) is 0 Å². The number of nitrogens with one attached hydrogen (secondary N) is 1. The number of hydrogen-bond donors (Lipinski definition) is 1. The molecular formula is C15H23I2N3O3. The molecule has 1 fully saturated rings. The van der Waals surface area contributed by atoms with Crippen molar-refractivity contribution >= 4 is 51.3 Å². The van der Waals surface area contributed by atoms with Gasteiger partial charge in [-0.25, -0.2) is 9.78 Å². The molecule has 23 heavy (non-hydrogen) atoms. The van der Waals surface area contributed by atoms with Crippen LogP contribution in [0.25, 0.3) is 0 Å². The zero-order valence-corrected chi connectivity index (χ0v) is 18.0. The fourth-order valence-electron chi connectivity index (χ4n) is 2.48. The molecule has 1 aliphatic rings. The average Bonchev–Trinajstić information content (AvgIpc) is 2.74. The maximum absolute atomic E-state index is 11.7. The van der Waals surface area contributed by atoms with Crippen molar-refractivity contribution in [3.63, 3.8) is 0 Å². The zero-order valence-electron chi connectivity index (χ0n) is 13.7. The van der Waals surface area contributed by atoms with E-state index in [1.54, 1.807) is 0 Å². The molecule has 0 aliphatic carbocycles. The van der Waals surface area contributed by atoms with Gasteiger partial charge in [-0.3, -0.25) is 0 Å². The molecule has 1 aliphatic heterocycles. The molecule has 1 N–H and O–H groups in total. The Morgan fingerprint density at radius 2 is 2.04 bits per heavy atom. The van der Waals surface area contributed by atoms with Crippen LogP contribution >= 0.6 is 45.2 Å². The molecule has 0 saturated carbocycles. The summed E-state index contributed by atoms with van der Waals surface area (Å²) in [6, 6.07) is 0. The monoisotopic (exact) mass is 547 g/mol. The summed E-state index contributed by atoms with van der Waals surface area (Å²) in [7, 11) is 0. The van der Waals surface area contributed by atoms with E-state index in [1.807, 2.05) is 20.8 Å². The van der Waals surface area contributed by atoms with Crippen LogP contribution in [-0.2, 0) is 16.0 Å². The summed E-state index contributed by atoms with van der Waals surface area (Å²) in [4.78, 5) is 16.5. The number of aromatic nitrogens is 2. The van der Waals surface area contributed by atoms with Gasteiger partial charge in [0.15, 0.2) is 0 Å². The number of carbonyl (C=O) groups is 1. The predicted octanol–water partition coefficient (Wildman–Crippen LogP) is 3.51. The maximum Gasteiger partial charge on any atom is 0.407 e. The van der Waals surface area contributed by atoms with Gasteiger partial charge in [0.25, 0.3) is 0 Å². The van der Waals surface area contributed by atoms with Crippen LogP contribution in [0.5, 0.6) is 0 Å². The molecule has 0 aromatic carbocycles. The second kappa shape index (κ2) is 8.32. The summed E-state index contributed by atoms with van der Waals surface area (Å²) < 4.78 is 15.0. The van der Waals surface area contributed by atoms with Crippen LogP contribution in [0, 0.1) is 7.40 Å². The van der Waals surface area contributed by atoms with Gasteiger partial charge in [-0.2, -0.15) is 0 Å². The van der Waals surface area contributed by atoms with E-state index in [1.165, 1.54) is 0 Å². The first-order chi connectivity index (χ1) is 10.8. The minimum Gasteiger partial charge on any atom is -0.444 e. The van der Waals surface area contributed by atoms with Gasteiger partial charge < -0.3 is 19.4 Å². The van der Waals surface area contributed by atoms with Crippen LogP contribution in [0.2, 0.25) is 0 Å². The van der Waals surface area contributed by atoms with Gasteiger partial charge in [-0.05, 0) is 78.8 Å². The van der Waals surface area contributed by atoms with Crippen molar-refractivity contribution in [2.45, 2.75) is 51.7 Å². The third-order valence-electron chi connectivity index (χ3n) is 3.49. The Balaban J connectivity index is 1.97. The van der Waals surface area contributed by atoms with E-state index in [0.717, 1.165) is 39.3 Å². The summed E-state index contributed by atoms with van der Waals surface area (Å²) in [5.41, 5.74) is -0.476. The summed E-state index contributed by atoms with van der Waals surface area (Å²) in [6.07, 6.45) is 1.63. The molecule has 2 heterocycles. The molecular weight excluding hydrogens is 524 g/mol. The fraction of sp³-hybridized carbons (Fsp3) is 0.733. The van der Waals surface area contributed by atoms with E-state index >= 15 is 0 Å². The van der Waals surface area contributed by atoms with Crippen molar-refractivity contribution in [2.75, 3.05) is 19.8 Å². The van der Waals surface area contributed by atoms with E-state index in [4.69, 9.17) is 14.5 Å². The Morgan fingerprint density at radius 1 is 1.39 bits per heavy atom. The lowest BCUT2D eigenvalue weighted by molar-refractivity contribution is 0.0525. The van der Waals surface area contributed by atoms with E-state index in [0.29, 0.717) is 19.0 Å². The molecule has 1 amide bonds. The molecule has 8 heteroatoms. The predicted molar refractivity (Wildman–Crippen MR) is 105 cm³/mol. The molecule has 130 valence electrons. The molecule has 0 bridgehead atoms. The minimum absolute atomic E-state index is 0.380. The Kier molecular flexibility index (Phi) is 6.96. The van der Waals surface area contributed by atoms with E-state index in [2.05, 4.69) is 55.1 Å². The van der Waals surface area contributed by atoms with Crippen molar-refractivity contribution in [2.24, 2.45) is 0 Å². The number of carbonyl (C=O) groups excluding carboxylic acids is 1. The van der Waals surface area contributed by atoms with Gasteiger partial charge in [0.2, 0.25) is 0 Å². The summed E-state index contributed by atoms with van der Waals surface area (Å²) in [5, 5.41) is 2.81. The Bertz CT molecular complexity index is 549. The molecule has 1 aromatic rings. The quantitative estimate of drug-likeness (QED) is 0.587. The second-order valence-corrected chi connectivity index (χ2v) is 8.56. The SMILES string of the molecule is CC(C)(C)OC(=O)NCCn1c(C2CCOCC2)nc(I)c1I. The smallest absolute Gasteiger partial charge is 0.407 e. The maximum atomic E-state index is 11.7. The highest BCUT2D eigenvalue weighted by Crippen LogP contribution is 2.29. The standard InChI is InChI=1S/C15H23I2N3O3/c1-15(2,3)23-14(21)18-6-7-20-12(17)11(16)19-13(20)10-4-8-22-9-5-10/h10H,4-9H2,1-3H3,(H,18,21). The highest BCUT2D eigenvalue weighted by atomic mass is 127. The van der Waals surface area contributed by atoms with E-state index in [-0.39, 0.29) is 6.09 Å². The Morgan fingerprint density at radius 3 is 2.65 bits per heavy atom. The number of imidazole rings is 1. The van der Waals surface area contributed by atoms with Gasteiger partial charge in [0.05, 0.1) is 0 Å². The molecule has 0 spiro atoms. The fourth-order valence-corrected chi connectivity index (χ4v) is 3.63. The van der Waals surface area contributed by atoms with Gasteiger partial charge in [0, 0.05) is 32.2 Å². The molecule has 1 saturated heterocycles. The van der Waals surface area contributed by atoms with Gasteiger partial charge in [-0.15, -0.1) is 0 Å². The lowest BCUT2D eigenvalue weighted by atomic mass is 9.99. The number of rotatable bonds is 4. The third kappa shape index (κ3) is 5.73. The number of halogens is 2. The summed E-state index contributed by atoms with van der Waals surface area (Å²) in [5.74, 6) is 1.54. The largest absolute Gasteiger partial charge is 0.444 e. The molecule has 1 aromatic heterocycles. The van der Waals surface area contributed by atoms with Gasteiger partial charge in [-0.1, -0.05) is 0 Å². The number of hydrogen-bond acceptors (Lipinski definition) is 4. The van der Waals surface area contributed by atoms with Crippen molar-refractivity contribution in [3.8, 4) is 0 Å². The van der Waals surface area contributed by atoms with Gasteiger partial charge >= 0.3 is 6.09 Å². The minimum atomic E-state index is -0.476. The lowest BCUT2D eigenvalue weighted by Gasteiger charge is -2.23. The Hall–Kier alpha value is -0.100. The summed E-state index contributed by atoms with van der Waals surface area (Å²) >= 11 is 4.59. The van der Waals surface area contributed by atoms with Crippen molar-refractivity contribution < 1.29 is 14.3 Å². The first kappa shape index (κ1) is 19.2. The topological polar surface area (TPSA) is 65.4 Å². The number of amides is 1. The number of ether oxygens (including phenoxy) is 2. The Labute approximate surface area is 164 Å². The highest BCUT2D eigenvalue weighted by Gasteiger charge is 2.24. The summed E-state index contributed by atoms with van der Waals surface area (Å²) in [6.45, 7) is 8.38. The zero-order chi connectivity index (χ0) is 17.0. The van der Waals surface area contributed by atoms with Crippen LogP contribution in [0.1, 0.15) is 45.4 Å². The lowest BCUT2D eigenvalue weighted by Crippen LogP contribution is -2.34. The molecule has 0 atom stereocenters. The van der Waals surface area contributed by atoms with Gasteiger partial charge in [0.1, 0.15) is 18.8 Å². The third-order valence-corrected chi connectivity index (χ3v) is 6.36. The number of alkyl carbamates (subject to hydrolysis) is 1. The average molecular weight is 547 g/mol. The van der Waals surface area contributed by atoms with Crippen molar-refractivity contribution in [3.05, 3.63) is 13.2 Å². The van der Waals surface area contributed by atoms with Crippen LogP contribution in [-0.4, -0.2) is 41.0 Å². The van der Waals surface area contributed by atoms with Crippen LogP contribution < -0.4 is 5.32 Å². The molecule has 6 nitrogen and oxygen atoms in total. The van der Waals surface area contributed by atoms with Crippen molar-refractivity contribution in [1.29, 1.82) is 0 Å². The normalized spacial score (nSPS) is 16.4.